The zero-order valence-corrected chi connectivity index (χ0v) is 11.3. The molecule has 1 aliphatic rings. The second kappa shape index (κ2) is 8.73. The summed E-state index contributed by atoms with van der Waals surface area (Å²) in [6.07, 6.45) is -2.18. The van der Waals surface area contributed by atoms with Crippen LogP contribution in [0.25, 0.3) is 0 Å². The smallest absolute Gasteiger partial charge is 0.371 e. The lowest BCUT2D eigenvalue weighted by Crippen LogP contribution is -2.34. The van der Waals surface area contributed by atoms with Gasteiger partial charge in [0.2, 0.25) is 0 Å². The Hall–Kier alpha value is -0.370. The number of hydrogen-bond donors (Lipinski definition) is 1. The number of ether oxygens (including phenoxy) is 1. The Morgan fingerprint density at radius 1 is 1.00 bits per heavy atom. The molecule has 19 heavy (non-hydrogen) atoms. The van der Waals surface area contributed by atoms with Crippen LogP contribution in [-0.4, -0.2) is 75.0 Å². The quantitative estimate of drug-likeness (QED) is 0.706. The molecule has 114 valence electrons. The number of alkyl halides is 3. The molecular weight excluding hydrogens is 259 g/mol. The van der Waals surface area contributed by atoms with Crippen molar-refractivity contribution in [3.05, 3.63) is 0 Å². The van der Waals surface area contributed by atoms with Gasteiger partial charge in [0.1, 0.15) is 6.61 Å². The maximum absolute atomic E-state index is 11.9. The molecule has 0 aromatic carbocycles. The third-order valence-corrected chi connectivity index (χ3v) is 3.18. The molecule has 0 aliphatic carbocycles. The zero-order chi connectivity index (χ0) is 14.1. The van der Waals surface area contributed by atoms with Crippen molar-refractivity contribution in [2.45, 2.75) is 19.0 Å². The van der Waals surface area contributed by atoms with Gasteiger partial charge in [-0.3, -0.25) is 4.90 Å². The Morgan fingerprint density at radius 2 is 1.63 bits per heavy atom. The van der Waals surface area contributed by atoms with Gasteiger partial charge in [-0.05, 0) is 39.0 Å². The van der Waals surface area contributed by atoms with Crippen LogP contribution in [0.3, 0.4) is 0 Å². The second-order valence-corrected chi connectivity index (χ2v) is 4.85. The topological polar surface area (TPSA) is 41.7 Å². The standard InChI is InChI=1S/C12H24F3N3O/c13-12(14,15)11-19-10-9-18-6-2-5-17(7-8-18)4-1-3-16/h1-11,16H2. The van der Waals surface area contributed by atoms with Crippen LogP contribution in [0.4, 0.5) is 13.2 Å². The van der Waals surface area contributed by atoms with Gasteiger partial charge in [0, 0.05) is 19.6 Å². The lowest BCUT2D eigenvalue weighted by Gasteiger charge is -2.21. The fourth-order valence-electron chi connectivity index (χ4n) is 2.17. The average molecular weight is 283 g/mol. The molecule has 0 unspecified atom stereocenters. The zero-order valence-electron chi connectivity index (χ0n) is 11.3. The predicted octanol–water partition coefficient (Wildman–Crippen LogP) is 0.922. The summed E-state index contributed by atoms with van der Waals surface area (Å²) in [4.78, 5) is 4.53. The van der Waals surface area contributed by atoms with Crippen molar-refractivity contribution in [1.82, 2.24) is 9.80 Å². The van der Waals surface area contributed by atoms with E-state index in [2.05, 4.69) is 14.5 Å². The summed E-state index contributed by atoms with van der Waals surface area (Å²) in [6.45, 7) is 5.08. The van der Waals surface area contributed by atoms with Gasteiger partial charge < -0.3 is 15.4 Å². The van der Waals surface area contributed by atoms with Crippen molar-refractivity contribution >= 4 is 0 Å². The fourth-order valence-corrected chi connectivity index (χ4v) is 2.17. The van der Waals surface area contributed by atoms with Gasteiger partial charge in [-0.25, -0.2) is 0 Å². The first-order valence-corrected chi connectivity index (χ1v) is 6.80. The van der Waals surface area contributed by atoms with E-state index in [9.17, 15) is 13.2 Å². The van der Waals surface area contributed by atoms with E-state index in [-0.39, 0.29) is 6.61 Å². The molecule has 2 N–H and O–H groups in total. The Morgan fingerprint density at radius 3 is 2.21 bits per heavy atom. The molecule has 1 heterocycles. The van der Waals surface area contributed by atoms with Crippen molar-refractivity contribution in [2.75, 3.05) is 59.0 Å². The summed E-state index contributed by atoms with van der Waals surface area (Å²) in [5.41, 5.74) is 5.48. The van der Waals surface area contributed by atoms with Crippen LogP contribution in [0.15, 0.2) is 0 Å². The van der Waals surface area contributed by atoms with Gasteiger partial charge in [0.25, 0.3) is 0 Å². The normalized spacial score (nSPS) is 19.6. The summed E-state index contributed by atoms with van der Waals surface area (Å²) < 4.78 is 40.3. The van der Waals surface area contributed by atoms with Crippen LogP contribution >= 0.6 is 0 Å². The summed E-state index contributed by atoms with van der Waals surface area (Å²) in [7, 11) is 0. The van der Waals surface area contributed by atoms with Gasteiger partial charge in [-0.15, -0.1) is 0 Å². The molecule has 1 rings (SSSR count). The predicted molar refractivity (Wildman–Crippen MR) is 68.0 cm³/mol. The van der Waals surface area contributed by atoms with Crippen LogP contribution in [0.2, 0.25) is 0 Å². The molecule has 0 aromatic heterocycles. The molecule has 0 atom stereocenters. The Kier molecular flexibility index (Phi) is 7.67. The molecule has 1 fully saturated rings. The van der Waals surface area contributed by atoms with Gasteiger partial charge in [-0.2, -0.15) is 13.2 Å². The molecular formula is C12H24F3N3O. The van der Waals surface area contributed by atoms with Crippen LogP contribution in [0.1, 0.15) is 12.8 Å². The molecule has 0 aromatic rings. The van der Waals surface area contributed by atoms with Crippen molar-refractivity contribution in [2.24, 2.45) is 5.73 Å². The van der Waals surface area contributed by atoms with E-state index in [1.54, 1.807) is 0 Å². The van der Waals surface area contributed by atoms with Gasteiger partial charge in [-0.1, -0.05) is 0 Å². The highest BCUT2D eigenvalue weighted by atomic mass is 19.4. The number of halogens is 3. The van der Waals surface area contributed by atoms with E-state index in [0.29, 0.717) is 13.1 Å². The van der Waals surface area contributed by atoms with Gasteiger partial charge >= 0.3 is 6.18 Å². The maximum atomic E-state index is 11.9. The third-order valence-electron chi connectivity index (χ3n) is 3.18. The van der Waals surface area contributed by atoms with E-state index in [1.165, 1.54) is 0 Å². The monoisotopic (exact) mass is 283 g/mol. The number of rotatable bonds is 7. The van der Waals surface area contributed by atoms with E-state index >= 15 is 0 Å². The van der Waals surface area contributed by atoms with E-state index in [1.807, 2.05) is 0 Å². The lowest BCUT2D eigenvalue weighted by molar-refractivity contribution is -0.174. The summed E-state index contributed by atoms with van der Waals surface area (Å²) in [6, 6.07) is 0. The minimum absolute atomic E-state index is 0.141. The fraction of sp³-hybridized carbons (Fsp3) is 1.00. The van der Waals surface area contributed by atoms with Crippen molar-refractivity contribution in [3.63, 3.8) is 0 Å². The molecule has 7 heteroatoms. The number of hydrogen-bond acceptors (Lipinski definition) is 4. The molecule has 0 amide bonds. The second-order valence-electron chi connectivity index (χ2n) is 4.85. The largest absolute Gasteiger partial charge is 0.411 e. The molecule has 1 aliphatic heterocycles. The maximum Gasteiger partial charge on any atom is 0.411 e. The Balaban J connectivity index is 2.11. The first kappa shape index (κ1) is 16.7. The average Bonchev–Trinajstić information content (AvgIpc) is 2.56. The summed E-state index contributed by atoms with van der Waals surface area (Å²) in [5.74, 6) is 0. The first-order chi connectivity index (χ1) is 9.01. The molecule has 0 spiro atoms. The lowest BCUT2D eigenvalue weighted by atomic mass is 10.3. The van der Waals surface area contributed by atoms with Gasteiger partial charge in [0.15, 0.2) is 0 Å². The first-order valence-electron chi connectivity index (χ1n) is 6.80. The Bertz CT molecular complexity index is 239. The van der Waals surface area contributed by atoms with Crippen molar-refractivity contribution < 1.29 is 17.9 Å². The highest BCUT2D eigenvalue weighted by molar-refractivity contribution is 4.69. The van der Waals surface area contributed by atoms with Crippen LogP contribution in [0, 0.1) is 0 Å². The van der Waals surface area contributed by atoms with Crippen LogP contribution in [-0.2, 0) is 4.74 Å². The minimum Gasteiger partial charge on any atom is -0.371 e. The SMILES string of the molecule is NCCCN1CCCN(CCOCC(F)(F)F)CC1. The van der Waals surface area contributed by atoms with E-state index in [0.717, 1.165) is 45.6 Å². The number of nitrogens with zero attached hydrogens (tertiary/aromatic N) is 2. The highest BCUT2D eigenvalue weighted by Crippen LogP contribution is 2.14. The van der Waals surface area contributed by atoms with Crippen molar-refractivity contribution in [3.8, 4) is 0 Å². The minimum atomic E-state index is -4.22. The summed E-state index contributed by atoms with van der Waals surface area (Å²) >= 11 is 0. The molecule has 0 radical (unpaired) electrons. The molecule has 4 nitrogen and oxygen atoms in total. The molecule has 0 bridgehead atoms. The number of nitrogens with two attached hydrogens (primary N) is 1. The third kappa shape index (κ3) is 8.41. The highest BCUT2D eigenvalue weighted by Gasteiger charge is 2.27. The van der Waals surface area contributed by atoms with E-state index < -0.39 is 12.8 Å². The van der Waals surface area contributed by atoms with Gasteiger partial charge in [0.05, 0.1) is 6.61 Å². The Labute approximate surface area is 112 Å². The van der Waals surface area contributed by atoms with Crippen LogP contribution < -0.4 is 5.73 Å². The van der Waals surface area contributed by atoms with Crippen LogP contribution in [0.5, 0.6) is 0 Å². The molecule has 0 saturated carbocycles. The molecule has 1 saturated heterocycles. The van der Waals surface area contributed by atoms with E-state index in [4.69, 9.17) is 5.73 Å². The van der Waals surface area contributed by atoms with Crippen molar-refractivity contribution in [1.29, 1.82) is 0 Å². The summed E-state index contributed by atoms with van der Waals surface area (Å²) in [5, 5.41) is 0.